The zero-order valence-corrected chi connectivity index (χ0v) is 15.7. The Labute approximate surface area is 148 Å². The lowest BCUT2D eigenvalue weighted by molar-refractivity contribution is -0.132. The van der Waals surface area contributed by atoms with Crippen LogP contribution in [-0.2, 0) is 9.53 Å². The van der Waals surface area contributed by atoms with Gasteiger partial charge in [0.25, 0.3) is 0 Å². The van der Waals surface area contributed by atoms with Gasteiger partial charge in [-0.25, -0.2) is 0 Å². The third kappa shape index (κ3) is 4.80. The summed E-state index contributed by atoms with van der Waals surface area (Å²) in [6, 6.07) is 5.78. The van der Waals surface area contributed by atoms with Gasteiger partial charge in [0, 0.05) is 37.0 Å². The summed E-state index contributed by atoms with van der Waals surface area (Å²) < 4.78 is 16.4. The summed E-state index contributed by atoms with van der Waals surface area (Å²) in [6.07, 6.45) is 1.64. The fourth-order valence-corrected chi connectivity index (χ4v) is 3.99. The minimum Gasteiger partial charge on any atom is -0.497 e. The minimum absolute atomic E-state index is 0.0221. The molecule has 1 aliphatic rings. The molecule has 1 unspecified atom stereocenters. The molecule has 1 fully saturated rings. The van der Waals surface area contributed by atoms with Gasteiger partial charge in [0.05, 0.1) is 20.3 Å². The quantitative estimate of drug-likeness (QED) is 0.670. The van der Waals surface area contributed by atoms with Crippen molar-refractivity contribution in [3.8, 4) is 11.5 Å². The number of carbonyl (C=O) groups excluding carboxylic acids is 1. The van der Waals surface area contributed by atoms with Gasteiger partial charge < -0.3 is 19.1 Å². The highest BCUT2D eigenvalue weighted by Crippen LogP contribution is 2.42. The summed E-state index contributed by atoms with van der Waals surface area (Å²) in [5, 5.41) is -0.0221. The second kappa shape index (κ2) is 9.18. The fraction of sp³-hybridized carbons (Fsp3) is 0.611. The number of benzene rings is 1. The second-order valence-electron chi connectivity index (χ2n) is 5.94. The standard InChI is InChI=1S/C18H27NO4S/c1-13(2)23-10-5-9-19-17(20)8-11-24-18(19)15-7-6-14(21-3)12-16(15)22-4/h6-7,12-13,18H,5,8-11H2,1-4H3. The van der Waals surface area contributed by atoms with Gasteiger partial charge in [0.15, 0.2) is 0 Å². The van der Waals surface area contributed by atoms with Crippen molar-refractivity contribution in [2.45, 2.75) is 38.2 Å². The van der Waals surface area contributed by atoms with Gasteiger partial charge >= 0.3 is 0 Å². The molecule has 0 aliphatic carbocycles. The lowest BCUT2D eigenvalue weighted by atomic mass is 10.1. The summed E-state index contributed by atoms with van der Waals surface area (Å²) in [5.74, 6) is 2.53. The van der Waals surface area contributed by atoms with E-state index in [0.717, 1.165) is 29.2 Å². The summed E-state index contributed by atoms with van der Waals surface area (Å²) in [5.41, 5.74) is 1.01. The van der Waals surface area contributed by atoms with E-state index in [1.54, 1.807) is 26.0 Å². The van der Waals surface area contributed by atoms with Crippen LogP contribution in [0, 0.1) is 0 Å². The van der Waals surface area contributed by atoms with Crippen LogP contribution in [0.1, 0.15) is 37.6 Å². The highest BCUT2D eigenvalue weighted by atomic mass is 32.2. The zero-order valence-electron chi connectivity index (χ0n) is 14.9. The van der Waals surface area contributed by atoms with Crippen molar-refractivity contribution in [1.29, 1.82) is 0 Å². The maximum Gasteiger partial charge on any atom is 0.224 e. The SMILES string of the molecule is COc1ccc(C2SCCC(=O)N2CCCOC(C)C)c(OC)c1. The second-order valence-corrected chi connectivity index (χ2v) is 7.13. The van der Waals surface area contributed by atoms with Gasteiger partial charge in [-0.1, -0.05) is 0 Å². The molecular weight excluding hydrogens is 326 g/mol. The predicted octanol–water partition coefficient (Wildman–Crippen LogP) is 3.48. The van der Waals surface area contributed by atoms with Gasteiger partial charge in [-0.05, 0) is 32.4 Å². The molecule has 5 nitrogen and oxygen atoms in total. The van der Waals surface area contributed by atoms with Crippen LogP contribution < -0.4 is 9.47 Å². The molecule has 0 radical (unpaired) electrons. The molecule has 0 aromatic heterocycles. The van der Waals surface area contributed by atoms with Crippen LogP contribution in [0.5, 0.6) is 11.5 Å². The normalized spacial score (nSPS) is 18.1. The van der Waals surface area contributed by atoms with Crippen molar-refractivity contribution < 1.29 is 19.0 Å². The van der Waals surface area contributed by atoms with Crippen molar-refractivity contribution >= 4 is 17.7 Å². The number of ether oxygens (including phenoxy) is 3. The predicted molar refractivity (Wildman–Crippen MR) is 96.8 cm³/mol. The Morgan fingerprint density at radius 2 is 2.08 bits per heavy atom. The lowest BCUT2D eigenvalue weighted by Crippen LogP contribution is -2.38. The molecule has 1 amide bonds. The van der Waals surface area contributed by atoms with E-state index < -0.39 is 0 Å². The van der Waals surface area contributed by atoms with E-state index in [9.17, 15) is 4.79 Å². The number of rotatable bonds is 8. The average Bonchev–Trinajstić information content (AvgIpc) is 2.58. The van der Waals surface area contributed by atoms with Crippen molar-refractivity contribution in [2.24, 2.45) is 0 Å². The van der Waals surface area contributed by atoms with E-state index in [-0.39, 0.29) is 17.4 Å². The number of amides is 1. The average molecular weight is 353 g/mol. The van der Waals surface area contributed by atoms with Crippen molar-refractivity contribution in [1.82, 2.24) is 4.90 Å². The van der Waals surface area contributed by atoms with Gasteiger partial charge in [-0.3, -0.25) is 4.79 Å². The fourth-order valence-electron chi connectivity index (χ4n) is 2.70. The van der Waals surface area contributed by atoms with Gasteiger partial charge in [0.2, 0.25) is 5.91 Å². The number of hydrogen-bond acceptors (Lipinski definition) is 5. The lowest BCUT2D eigenvalue weighted by Gasteiger charge is -2.36. The Bertz CT molecular complexity index is 550. The molecule has 0 spiro atoms. The van der Waals surface area contributed by atoms with E-state index in [1.807, 2.05) is 36.9 Å². The molecule has 2 rings (SSSR count). The van der Waals surface area contributed by atoms with Crippen LogP contribution in [0.25, 0.3) is 0 Å². The smallest absolute Gasteiger partial charge is 0.224 e. The van der Waals surface area contributed by atoms with Crippen molar-refractivity contribution in [3.05, 3.63) is 23.8 Å². The first kappa shape index (κ1) is 18.9. The molecule has 1 heterocycles. The molecule has 134 valence electrons. The Hall–Kier alpha value is -1.40. The number of methoxy groups -OCH3 is 2. The van der Waals surface area contributed by atoms with Crippen LogP contribution in [0.3, 0.4) is 0 Å². The molecule has 0 saturated carbocycles. The number of carbonyl (C=O) groups is 1. The van der Waals surface area contributed by atoms with Crippen LogP contribution in [0.15, 0.2) is 18.2 Å². The molecule has 1 aliphatic heterocycles. The number of thioether (sulfide) groups is 1. The first-order valence-corrected chi connectivity index (χ1v) is 9.36. The van der Waals surface area contributed by atoms with Crippen LogP contribution in [-0.4, -0.2) is 50.0 Å². The summed E-state index contributed by atoms with van der Waals surface area (Å²) in [4.78, 5) is 14.4. The van der Waals surface area contributed by atoms with Crippen molar-refractivity contribution in [2.75, 3.05) is 33.1 Å². The van der Waals surface area contributed by atoms with Gasteiger partial charge in [-0.15, -0.1) is 11.8 Å². The number of hydrogen-bond donors (Lipinski definition) is 0. The molecular formula is C18H27NO4S. The third-order valence-electron chi connectivity index (χ3n) is 3.90. The van der Waals surface area contributed by atoms with E-state index in [4.69, 9.17) is 14.2 Å². The molecule has 0 bridgehead atoms. The summed E-state index contributed by atoms with van der Waals surface area (Å²) >= 11 is 1.78. The van der Waals surface area contributed by atoms with E-state index in [2.05, 4.69) is 0 Å². The molecule has 1 atom stereocenters. The highest BCUT2D eigenvalue weighted by Gasteiger charge is 2.31. The third-order valence-corrected chi connectivity index (χ3v) is 5.16. The largest absolute Gasteiger partial charge is 0.497 e. The first-order valence-electron chi connectivity index (χ1n) is 8.31. The van der Waals surface area contributed by atoms with E-state index in [1.165, 1.54) is 0 Å². The molecule has 6 heteroatoms. The Kier molecular flexibility index (Phi) is 7.24. The molecule has 1 aromatic carbocycles. The Morgan fingerprint density at radius 3 is 2.75 bits per heavy atom. The zero-order chi connectivity index (χ0) is 17.5. The van der Waals surface area contributed by atoms with Gasteiger partial charge in [0.1, 0.15) is 16.9 Å². The number of nitrogens with zero attached hydrogens (tertiary/aromatic N) is 1. The summed E-state index contributed by atoms with van der Waals surface area (Å²) in [7, 11) is 3.28. The van der Waals surface area contributed by atoms with E-state index >= 15 is 0 Å². The minimum atomic E-state index is -0.0221. The van der Waals surface area contributed by atoms with Gasteiger partial charge in [-0.2, -0.15) is 0 Å². The van der Waals surface area contributed by atoms with Crippen LogP contribution in [0.4, 0.5) is 0 Å². The first-order chi connectivity index (χ1) is 11.6. The van der Waals surface area contributed by atoms with Crippen LogP contribution >= 0.6 is 11.8 Å². The molecule has 24 heavy (non-hydrogen) atoms. The topological polar surface area (TPSA) is 48.0 Å². The molecule has 1 aromatic rings. The van der Waals surface area contributed by atoms with E-state index in [0.29, 0.717) is 19.6 Å². The maximum atomic E-state index is 12.4. The molecule has 0 N–H and O–H groups in total. The highest BCUT2D eigenvalue weighted by molar-refractivity contribution is 7.99. The van der Waals surface area contributed by atoms with Crippen LogP contribution in [0.2, 0.25) is 0 Å². The monoisotopic (exact) mass is 353 g/mol. The maximum absolute atomic E-state index is 12.4. The Morgan fingerprint density at radius 1 is 1.29 bits per heavy atom. The summed E-state index contributed by atoms with van der Waals surface area (Å²) in [6.45, 7) is 5.40. The Balaban J connectivity index is 2.14. The molecule has 1 saturated heterocycles. The van der Waals surface area contributed by atoms with Crippen molar-refractivity contribution in [3.63, 3.8) is 0 Å².